The Morgan fingerprint density at radius 2 is 1.48 bits per heavy atom. The summed E-state index contributed by atoms with van der Waals surface area (Å²) < 4.78 is 3.68. The first-order chi connectivity index (χ1) is 15.0. The normalized spacial score (nSPS) is 10.8. The zero-order valence-electron chi connectivity index (χ0n) is 16.7. The molecule has 0 unspecified atom stereocenters. The van der Waals surface area contributed by atoms with E-state index in [0.29, 0.717) is 34.9 Å². The molecular formula is C22H20Cl2N6S. The topological polar surface area (TPSA) is 59.7 Å². The van der Waals surface area contributed by atoms with E-state index in [4.69, 9.17) is 35.4 Å². The molecule has 2 aromatic heterocycles. The van der Waals surface area contributed by atoms with Crippen molar-refractivity contribution in [2.24, 2.45) is 0 Å². The van der Waals surface area contributed by atoms with E-state index in [1.807, 2.05) is 78.5 Å². The van der Waals surface area contributed by atoms with Gasteiger partial charge < -0.3 is 10.6 Å². The van der Waals surface area contributed by atoms with Gasteiger partial charge in [0, 0.05) is 34.1 Å². The third kappa shape index (κ3) is 5.44. The van der Waals surface area contributed by atoms with Crippen LogP contribution in [0.25, 0.3) is 0 Å². The van der Waals surface area contributed by atoms with Crippen LogP contribution in [-0.4, -0.2) is 24.7 Å². The zero-order chi connectivity index (χ0) is 21.8. The zero-order valence-corrected chi connectivity index (χ0v) is 19.0. The Kier molecular flexibility index (Phi) is 6.56. The number of benzene rings is 2. The molecule has 6 nitrogen and oxygen atoms in total. The largest absolute Gasteiger partial charge is 0.316 e. The summed E-state index contributed by atoms with van der Waals surface area (Å²) in [4.78, 5) is 0. The first kappa shape index (κ1) is 21.4. The Hall–Kier alpha value is -2.87. The van der Waals surface area contributed by atoms with Crippen molar-refractivity contribution in [3.05, 3.63) is 93.7 Å². The van der Waals surface area contributed by atoms with Crippen LogP contribution in [0.2, 0.25) is 10.0 Å². The first-order valence-electron chi connectivity index (χ1n) is 9.60. The lowest BCUT2D eigenvalue weighted by atomic mass is 10.2. The second-order valence-corrected chi connectivity index (χ2v) is 8.21. The molecule has 0 atom stereocenters. The predicted molar refractivity (Wildman–Crippen MR) is 130 cm³/mol. The van der Waals surface area contributed by atoms with Gasteiger partial charge >= 0.3 is 0 Å². The highest BCUT2D eigenvalue weighted by Gasteiger charge is 2.09. The van der Waals surface area contributed by atoms with Gasteiger partial charge in [-0.1, -0.05) is 59.6 Å². The minimum atomic E-state index is 0.408. The number of nitrogens with zero attached hydrogens (tertiary/aromatic N) is 4. The molecule has 0 aliphatic rings. The van der Waals surface area contributed by atoms with E-state index in [2.05, 4.69) is 20.8 Å². The molecule has 0 aliphatic heterocycles. The number of thiocarbonyl (C=S) groups is 1. The Balaban J connectivity index is 1.37. The van der Waals surface area contributed by atoms with Crippen molar-refractivity contribution in [3.63, 3.8) is 0 Å². The summed E-state index contributed by atoms with van der Waals surface area (Å²) in [5, 5.41) is 17.1. The maximum atomic E-state index is 6.27. The van der Waals surface area contributed by atoms with Crippen molar-refractivity contribution < 1.29 is 0 Å². The standard InChI is InChI=1S/C22H20Cl2N6S/c1-15-12-21(28-30(15)14-17-7-3-5-9-19(17)24)26-22(31)25-20-10-11-29(27-20)13-16-6-2-4-8-18(16)23/h2-12H,13-14H2,1H3,(H2,25,26,27,28,31). The van der Waals surface area contributed by atoms with Gasteiger partial charge in [-0.25, -0.2) is 0 Å². The molecule has 0 radical (unpaired) electrons. The number of aromatic nitrogens is 4. The van der Waals surface area contributed by atoms with Gasteiger partial charge in [-0.05, 0) is 42.4 Å². The second-order valence-electron chi connectivity index (χ2n) is 6.99. The summed E-state index contributed by atoms with van der Waals surface area (Å²) in [7, 11) is 0. The fourth-order valence-electron chi connectivity index (χ4n) is 3.10. The van der Waals surface area contributed by atoms with E-state index in [1.165, 1.54) is 0 Å². The molecule has 0 spiro atoms. The lowest BCUT2D eigenvalue weighted by Crippen LogP contribution is -2.20. The van der Waals surface area contributed by atoms with Crippen LogP contribution in [0.3, 0.4) is 0 Å². The fraction of sp³-hybridized carbons (Fsp3) is 0.136. The van der Waals surface area contributed by atoms with E-state index in [-0.39, 0.29) is 0 Å². The predicted octanol–water partition coefficient (Wildman–Crippen LogP) is 5.60. The Morgan fingerprint density at radius 3 is 2.16 bits per heavy atom. The van der Waals surface area contributed by atoms with Gasteiger partial charge in [-0.3, -0.25) is 9.36 Å². The number of aryl methyl sites for hydroxylation is 1. The van der Waals surface area contributed by atoms with Crippen molar-refractivity contribution in [1.82, 2.24) is 19.6 Å². The number of hydrogen-bond acceptors (Lipinski definition) is 3. The fourth-order valence-corrected chi connectivity index (χ4v) is 3.70. The van der Waals surface area contributed by atoms with Gasteiger partial charge in [-0.15, -0.1) is 0 Å². The molecule has 0 saturated carbocycles. The molecule has 2 heterocycles. The van der Waals surface area contributed by atoms with Crippen molar-refractivity contribution in [1.29, 1.82) is 0 Å². The van der Waals surface area contributed by atoms with Gasteiger partial charge in [0.15, 0.2) is 16.7 Å². The molecule has 0 bridgehead atoms. The molecule has 0 saturated heterocycles. The molecule has 31 heavy (non-hydrogen) atoms. The van der Waals surface area contributed by atoms with E-state index in [1.54, 1.807) is 4.68 Å². The van der Waals surface area contributed by atoms with Crippen molar-refractivity contribution >= 4 is 52.2 Å². The molecule has 9 heteroatoms. The van der Waals surface area contributed by atoms with Gasteiger partial charge in [0.05, 0.1) is 13.1 Å². The van der Waals surface area contributed by atoms with Crippen LogP contribution < -0.4 is 10.6 Å². The summed E-state index contributed by atoms with van der Waals surface area (Å²) in [6.07, 6.45) is 1.87. The van der Waals surface area contributed by atoms with Crippen LogP contribution in [-0.2, 0) is 13.1 Å². The van der Waals surface area contributed by atoms with Gasteiger partial charge in [-0.2, -0.15) is 10.2 Å². The Morgan fingerprint density at radius 1 is 0.871 bits per heavy atom. The number of halogens is 2. The second kappa shape index (κ2) is 9.51. The summed E-state index contributed by atoms with van der Waals surface area (Å²) in [6.45, 7) is 3.15. The summed E-state index contributed by atoms with van der Waals surface area (Å²) in [6, 6.07) is 19.2. The van der Waals surface area contributed by atoms with Crippen LogP contribution in [0.4, 0.5) is 11.6 Å². The molecule has 0 fully saturated rings. The number of anilines is 2. The molecule has 158 valence electrons. The minimum absolute atomic E-state index is 0.408. The molecule has 2 N–H and O–H groups in total. The monoisotopic (exact) mass is 470 g/mol. The van der Waals surface area contributed by atoms with Gasteiger partial charge in [0.25, 0.3) is 0 Å². The third-order valence-electron chi connectivity index (χ3n) is 4.67. The SMILES string of the molecule is Cc1cc(NC(=S)Nc2ccn(Cc3ccccc3Cl)n2)nn1Cc1ccccc1Cl. The number of nitrogens with one attached hydrogen (secondary N) is 2. The van der Waals surface area contributed by atoms with E-state index in [0.717, 1.165) is 21.8 Å². The molecule has 4 rings (SSSR count). The van der Waals surface area contributed by atoms with Crippen LogP contribution in [0, 0.1) is 6.92 Å². The lowest BCUT2D eigenvalue weighted by molar-refractivity contribution is 0.668. The quantitative estimate of drug-likeness (QED) is 0.359. The molecule has 0 aliphatic carbocycles. The summed E-state index contributed by atoms with van der Waals surface area (Å²) in [5.74, 6) is 1.29. The van der Waals surface area contributed by atoms with Crippen LogP contribution >= 0.6 is 35.4 Å². The Bertz CT molecular complexity index is 1220. The van der Waals surface area contributed by atoms with E-state index < -0.39 is 0 Å². The highest BCUT2D eigenvalue weighted by molar-refractivity contribution is 7.80. The highest BCUT2D eigenvalue weighted by Crippen LogP contribution is 2.19. The average molecular weight is 471 g/mol. The average Bonchev–Trinajstić information content (AvgIpc) is 3.31. The molecule has 0 amide bonds. The number of hydrogen-bond donors (Lipinski definition) is 2. The molecule has 2 aromatic carbocycles. The maximum Gasteiger partial charge on any atom is 0.177 e. The third-order valence-corrected chi connectivity index (χ3v) is 5.61. The van der Waals surface area contributed by atoms with E-state index in [9.17, 15) is 0 Å². The van der Waals surface area contributed by atoms with Crippen molar-refractivity contribution in [3.8, 4) is 0 Å². The lowest BCUT2D eigenvalue weighted by Gasteiger charge is -2.07. The number of rotatable bonds is 6. The molecule has 4 aromatic rings. The van der Waals surface area contributed by atoms with Crippen molar-refractivity contribution in [2.75, 3.05) is 10.6 Å². The first-order valence-corrected chi connectivity index (χ1v) is 10.8. The smallest absolute Gasteiger partial charge is 0.177 e. The maximum absolute atomic E-state index is 6.27. The Labute approximate surface area is 195 Å². The van der Waals surface area contributed by atoms with Crippen molar-refractivity contribution in [2.45, 2.75) is 20.0 Å². The minimum Gasteiger partial charge on any atom is -0.316 e. The van der Waals surface area contributed by atoms with Gasteiger partial charge in [0.2, 0.25) is 0 Å². The van der Waals surface area contributed by atoms with Crippen LogP contribution in [0.15, 0.2) is 66.9 Å². The highest BCUT2D eigenvalue weighted by atomic mass is 35.5. The van der Waals surface area contributed by atoms with Crippen LogP contribution in [0.5, 0.6) is 0 Å². The van der Waals surface area contributed by atoms with E-state index >= 15 is 0 Å². The summed E-state index contributed by atoms with van der Waals surface area (Å²) >= 11 is 17.9. The van der Waals surface area contributed by atoms with Gasteiger partial charge in [0.1, 0.15) is 0 Å². The van der Waals surface area contributed by atoms with Crippen LogP contribution in [0.1, 0.15) is 16.8 Å². The summed E-state index contributed by atoms with van der Waals surface area (Å²) in [5.41, 5.74) is 3.00. The molecular weight excluding hydrogens is 451 g/mol.